The van der Waals surface area contributed by atoms with Gasteiger partial charge >= 0.3 is 0 Å². The summed E-state index contributed by atoms with van der Waals surface area (Å²) in [4.78, 5) is 12.3. The number of anilines is 3. The van der Waals surface area contributed by atoms with E-state index in [1.54, 1.807) is 26.2 Å². The zero-order valence-corrected chi connectivity index (χ0v) is 16.2. The van der Waals surface area contributed by atoms with Crippen molar-refractivity contribution >= 4 is 45.5 Å². The van der Waals surface area contributed by atoms with Crippen LogP contribution in [0.25, 0.3) is 0 Å². The van der Waals surface area contributed by atoms with E-state index in [0.717, 1.165) is 11.4 Å². The number of rotatable bonds is 7. The van der Waals surface area contributed by atoms with Crippen LogP contribution in [0.15, 0.2) is 52.9 Å². The van der Waals surface area contributed by atoms with E-state index in [9.17, 15) is 9.18 Å². The normalized spacial score (nSPS) is 11.7. The summed E-state index contributed by atoms with van der Waals surface area (Å²) in [5, 5.41) is 14.2. The molecule has 2 aromatic carbocycles. The van der Waals surface area contributed by atoms with E-state index in [1.165, 1.54) is 35.2 Å². The Balaban J connectivity index is 1.56. The molecule has 1 atom stereocenters. The van der Waals surface area contributed by atoms with Gasteiger partial charge in [0.15, 0.2) is 4.34 Å². The number of hydrogen-bond donors (Lipinski definition) is 2. The van der Waals surface area contributed by atoms with Gasteiger partial charge in [0, 0.05) is 11.4 Å². The van der Waals surface area contributed by atoms with Crippen molar-refractivity contribution in [2.24, 2.45) is 0 Å². The number of amides is 1. The lowest BCUT2D eigenvalue weighted by Gasteiger charge is -2.10. The number of halogens is 1. The molecule has 3 rings (SSSR count). The third-order valence-corrected chi connectivity index (χ3v) is 5.51. The van der Waals surface area contributed by atoms with Gasteiger partial charge in [-0.2, -0.15) is 0 Å². The predicted molar refractivity (Wildman–Crippen MR) is 107 cm³/mol. The minimum Gasteiger partial charge on any atom is -0.497 e. The first kappa shape index (κ1) is 19.1. The van der Waals surface area contributed by atoms with Gasteiger partial charge in [-0.25, -0.2) is 4.39 Å². The quantitative estimate of drug-likeness (QED) is 0.563. The van der Waals surface area contributed by atoms with Crippen LogP contribution in [0.1, 0.15) is 6.92 Å². The molecule has 6 nitrogen and oxygen atoms in total. The number of benzene rings is 2. The Bertz CT molecular complexity index is 918. The highest BCUT2D eigenvalue weighted by atomic mass is 32.2. The molecule has 140 valence electrons. The van der Waals surface area contributed by atoms with Crippen molar-refractivity contribution in [3.8, 4) is 5.75 Å². The molecule has 2 N–H and O–H groups in total. The monoisotopic (exact) mass is 404 g/mol. The van der Waals surface area contributed by atoms with E-state index < -0.39 is 11.1 Å². The van der Waals surface area contributed by atoms with Crippen LogP contribution in [0, 0.1) is 5.82 Å². The summed E-state index contributed by atoms with van der Waals surface area (Å²) in [5.41, 5.74) is 1.28. The molecule has 27 heavy (non-hydrogen) atoms. The van der Waals surface area contributed by atoms with E-state index in [4.69, 9.17) is 4.74 Å². The maximum Gasteiger partial charge on any atom is 0.237 e. The molecule has 1 heterocycles. The fourth-order valence-electron chi connectivity index (χ4n) is 2.12. The second-order valence-corrected chi connectivity index (χ2v) is 8.05. The Morgan fingerprint density at radius 2 is 1.96 bits per heavy atom. The number of thioether (sulfide) groups is 1. The maximum absolute atomic E-state index is 13.2. The Morgan fingerprint density at radius 3 is 2.67 bits per heavy atom. The van der Waals surface area contributed by atoms with Gasteiger partial charge in [-0.15, -0.1) is 10.2 Å². The molecule has 0 spiro atoms. The summed E-state index contributed by atoms with van der Waals surface area (Å²) in [6, 6.07) is 13.2. The number of carbonyl (C=O) groups is 1. The first-order valence-corrected chi connectivity index (χ1v) is 9.71. The summed E-state index contributed by atoms with van der Waals surface area (Å²) in [6.07, 6.45) is 0. The van der Waals surface area contributed by atoms with Gasteiger partial charge in [0.2, 0.25) is 11.0 Å². The molecular weight excluding hydrogens is 387 g/mol. The first-order chi connectivity index (χ1) is 13.0. The summed E-state index contributed by atoms with van der Waals surface area (Å²) in [5.74, 6) is 0.143. The van der Waals surface area contributed by atoms with Crippen LogP contribution in [-0.4, -0.2) is 28.5 Å². The predicted octanol–water partition coefficient (Wildman–Crippen LogP) is 4.55. The number of aromatic nitrogens is 2. The summed E-state index contributed by atoms with van der Waals surface area (Å²) < 4.78 is 19.0. The van der Waals surface area contributed by atoms with Gasteiger partial charge < -0.3 is 15.4 Å². The minimum atomic E-state index is -0.407. The van der Waals surface area contributed by atoms with Crippen molar-refractivity contribution in [1.29, 1.82) is 0 Å². The average molecular weight is 404 g/mol. The number of hydrogen-bond acceptors (Lipinski definition) is 7. The van der Waals surface area contributed by atoms with E-state index in [1.807, 2.05) is 24.3 Å². The van der Waals surface area contributed by atoms with Gasteiger partial charge in [0.05, 0.1) is 12.4 Å². The number of nitrogens with one attached hydrogen (secondary N) is 2. The lowest BCUT2D eigenvalue weighted by Crippen LogP contribution is -2.22. The molecule has 3 aromatic rings. The van der Waals surface area contributed by atoms with Gasteiger partial charge in [-0.3, -0.25) is 4.79 Å². The summed E-state index contributed by atoms with van der Waals surface area (Å²) in [7, 11) is 1.61. The third-order valence-electron chi connectivity index (χ3n) is 3.49. The van der Waals surface area contributed by atoms with E-state index in [-0.39, 0.29) is 5.91 Å². The van der Waals surface area contributed by atoms with Crippen molar-refractivity contribution in [3.05, 3.63) is 54.3 Å². The highest BCUT2D eigenvalue weighted by Gasteiger charge is 2.17. The molecule has 0 aliphatic carbocycles. The van der Waals surface area contributed by atoms with Crippen LogP contribution in [0.2, 0.25) is 0 Å². The zero-order chi connectivity index (χ0) is 19.2. The molecule has 0 fully saturated rings. The Labute approximate surface area is 164 Å². The van der Waals surface area contributed by atoms with Gasteiger partial charge in [0.25, 0.3) is 0 Å². The average Bonchev–Trinajstić information content (AvgIpc) is 3.09. The maximum atomic E-state index is 13.2. The highest BCUT2D eigenvalue weighted by molar-refractivity contribution is 8.02. The molecular formula is C18H17FN4O2S2. The van der Waals surface area contributed by atoms with Crippen molar-refractivity contribution in [1.82, 2.24) is 10.2 Å². The van der Waals surface area contributed by atoms with Crippen LogP contribution in [-0.2, 0) is 4.79 Å². The molecule has 1 aromatic heterocycles. The topological polar surface area (TPSA) is 76.1 Å². The second kappa shape index (κ2) is 8.83. The molecule has 9 heteroatoms. The van der Waals surface area contributed by atoms with Crippen LogP contribution in [0.3, 0.4) is 0 Å². The second-order valence-electron chi connectivity index (χ2n) is 5.49. The van der Waals surface area contributed by atoms with Crippen molar-refractivity contribution in [3.63, 3.8) is 0 Å². The number of ether oxygens (including phenoxy) is 1. The SMILES string of the molecule is COc1ccc(Nc2nnc(S[C@@H](C)C(=O)Nc3cccc(F)c3)s2)cc1. The number of methoxy groups -OCH3 is 1. The fourth-order valence-corrected chi connectivity index (χ4v) is 4.04. The third kappa shape index (κ3) is 5.41. The van der Waals surface area contributed by atoms with E-state index in [2.05, 4.69) is 20.8 Å². The van der Waals surface area contributed by atoms with Crippen LogP contribution in [0.4, 0.5) is 20.9 Å². The number of carbonyl (C=O) groups excluding carboxylic acids is 1. The molecule has 0 radical (unpaired) electrons. The van der Waals surface area contributed by atoms with Crippen LogP contribution >= 0.6 is 23.1 Å². The largest absolute Gasteiger partial charge is 0.497 e. The highest BCUT2D eigenvalue weighted by Crippen LogP contribution is 2.31. The Hall–Kier alpha value is -2.65. The van der Waals surface area contributed by atoms with Crippen LogP contribution < -0.4 is 15.4 Å². The molecule has 0 aliphatic heterocycles. The zero-order valence-electron chi connectivity index (χ0n) is 14.6. The minimum absolute atomic E-state index is 0.231. The lowest BCUT2D eigenvalue weighted by molar-refractivity contribution is -0.115. The summed E-state index contributed by atoms with van der Waals surface area (Å²) in [6.45, 7) is 1.76. The molecule has 0 aliphatic rings. The van der Waals surface area contributed by atoms with Gasteiger partial charge in [-0.05, 0) is 49.4 Å². The Kier molecular flexibility index (Phi) is 6.25. The Morgan fingerprint density at radius 1 is 1.19 bits per heavy atom. The summed E-state index contributed by atoms with van der Waals surface area (Å²) >= 11 is 2.64. The van der Waals surface area contributed by atoms with Crippen LogP contribution in [0.5, 0.6) is 5.75 Å². The van der Waals surface area contributed by atoms with Gasteiger partial charge in [-0.1, -0.05) is 29.2 Å². The van der Waals surface area contributed by atoms with Crippen molar-refractivity contribution in [2.75, 3.05) is 17.7 Å². The molecule has 1 amide bonds. The molecule has 0 unspecified atom stereocenters. The molecule has 0 saturated carbocycles. The van der Waals surface area contributed by atoms with Gasteiger partial charge in [0.1, 0.15) is 11.6 Å². The molecule has 0 saturated heterocycles. The first-order valence-electron chi connectivity index (χ1n) is 8.01. The van der Waals surface area contributed by atoms with Crippen molar-refractivity contribution < 1.29 is 13.9 Å². The lowest BCUT2D eigenvalue weighted by atomic mass is 10.3. The molecule has 0 bridgehead atoms. The fraction of sp³-hybridized carbons (Fsp3) is 0.167. The van der Waals surface area contributed by atoms with E-state index in [0.29, 0.717) is 15.2 Å². The number of nitrogens with zero attached hydrogens (tertiary/aromatic N) is 2. The van der Waals surface area contributed by atoms with Crippen molar-refractivity contribution in [2.45, 2.75) is 16.5 Å². The van der Waals surface area contributed by atoms with E-state index >= 15 is 0 Å². The standard InChI is InChI=1S/C18H17FN4O2S2/c1-11(16(24)20-14-5-3-4-12(19)10-14)26-18-23-22-17(27-18)21-13-6-8-15(25-2)9-7-13/h3-11H,1-2H3,(H,20,24)(H,21,22)/t11-/m0/s1. The smallest absolute Gasteiger partial charge is 0.237 e.